The van der Waals surface area contributed by atoms with Gasteiger partial charge in [-0.1, -0.05) is 24.0 Å². The van der Waals surface area contributed by atoms with Crippen molar-refractivity contribution in [3.05, 3.63) is 53.8 Å². The standard InChI is InChI=1S/C17H16N6O4S/c1-3-8-26-16(25)15-11(2)19-17(28-15)20-14(24)9-27-13-6-4-12(5-7-13)23-10-18-21-22-23/h3-7,10H,1,8-9H2,2H3,(H,19,20,24). The molecule has 3 rings (SSSR count). The maximum Gasteiger partial charge on any atom is 0.350 e. The molecule has 0 aliphatic rings. The highest BCUT2D eigenvalue weighted by Crippen LogP contribution is 2.23. The molecule has 0 unspecified atom stereocenters. The molecule has 2 aromatic heterocycles. The highest BCUT2D eigenvalue weighted by molar-refractivity contribution is 7.17. The van der Waals surface area contributed by atoms with Gasteiger partial charge in [0.2, 0.25) is 0 Å². The zero-order valence-corrected chi connectivity index (χ0v) is 15.7. The van der Waals surface area contributed by atoms with E-state index in [9.17, 15) is 9.59 Å². The molecule has 144 valence electrons. The van der Waals surface area contributed by atoms with Gasteiger partial charge in [-0.25, -0.2) is 14.5 Å². The lowest BCUT2D eigenvalue weighted by Crippen LogP contribution is -2.20. The van der Waals surface area contributed by atoms with Gasteiger partial charge in [-0.3, -0.25) is 10.1 Å². The predicted molar refractivity (Wildman–Crippen MR) is 101 cm³/mol. The zero-order valence-electron chi connectivity index (χ0n) is 14.9. The third-order valence-corrected chi connectivity index (χ3v) is 4.43. The summed E-state index contributed by atoms with van der Waals surface area (Å²) in [5, 5.41) is 13.8. The van der Waals surface area contributed by atoms with Gasteiger partial charge in [0.15, 0.2) is 11.7 Å². The first-order chi connectivity index (χ1) is 13.6. The molecule has 3 aromatic rings. The Balaban J connectivity index is 1.53. The molecule has 0 bridgehead atoms. The monoisotopic (exact) mass is 400 g/mol. The number of hydrogen-bond donors (Lipinski definition) is 1. The fourth-order valence-electron chi connectivity index (χ4n) is 2.12. The number of esters is 1. The molecule has 28 heavy (non-hydrogen) atoms. The summed E-state index contributed by atoms with van der Waals surface area (Å²) in [6, 6.07) is 6.92. The first kappa shape index (κ1) is 19.2. The molecule has 0 radical (unpaired) electrons. The van der Waals surface area contributed by atoms with Crippen molar-refractivity contribution >= 4 is 28.3 Å². The molecule has 10 nitrogen and oxygen atoms in total. The molecule has 1 amide bonds. The van der Waals surface area contributed by atoms with E-state index >= 15 is 0 Å². The quantitative estimate of drug-likeness (QED) is 0.449. The number of carbonyl (C=O) groups excluding carboxylic acids is 2. The first-order valence-corrected chi connectivity index (χ1v) is 8.90. The minimum atomic E-state index is -0.505. The van der Waals surface area contributed by atoms with Crippen LogP contribution >= 0.6 is 11.3 Å². The van der Waals surface area contributed by atoms with Crippen LogP contribution in [-0.2, 0) is 9.53 Å². The number of aryl methyl sites for hydroxylation is 1. The Kier molecular flexibility index (Phi) is 6.07. The molecular formula is C17H16N6O4S. The Morgan fingerprint density at radius 2 is 2.11 bits per heavy atom. The van der Waals surface area contributed by atoms with Crippen LogP contribution in [0.15, 0.2) is 43.2 Å². The summed E-state index contributed by atoms with van der Waals surface area (Å²) < 4.78 is 11.9. The molecule has 1 aromatic carbocycles. The largest absolute Gasteiger partial charge is 0.484 e. The second-order valence-corrected chi connectivity index (χ2v) is 6.40. The number of nitrogens with zero attached hydrogens (tertiary/aromatic N) is 5. The second-order valence-electron chi connectivity index (χ2n) is 5.41. The fraction of sp³-hybridized carbons (Fsp3) is 0.176. The Hall–Kier alpha value is -3.60. The Bertz CT molecular complexity index is 968. The summed E-state index contributed by atoms with van der Waals surface area (Å²) in [5.74, 6) is -0.394. The van der Waals surface area contributed by atoms with Gasteiger partial charge in [0.25, 0.3) is 5.91 Å². The second kappa shape index (κ2) is 8.86. The number of carbonyl (C=O) groups is 2. The predicted octanol–water partition coefficient (Wildman–Crippen LogP) is 1.79. The zero-order chi connectivity index (χ0) is 19.9. The highest BCUT2D eigenvalue weighted by atomic mass is 32.1. The van der Waals surface area contributed by atoms with Gasteiger partial charge in [-0.15, -0.1) is 5.10 Å². The van der Waals surface area contributed by atoms with E-state index in [-0.39, 0.29) is 13.2 Å². The van der Waals surface area contributed by atoms with E-state index in [4.69, 9.17) is 9.47 Å². The van der Waals surface area contributed by atoms with Crippen LogP contribution in [0.2, 0.25) is 0 Å². The van der Waals surface area contributed by atoms with Gasteiger partial charge in [0.05, 0.1) is 11.4 Å². The normalized spacial score (nSPS) is 10.3. The van der Waals surface area contributed by atoms with Crippen molar-refractivity contribution in [1.82, 2.24) is 25.2 Å². The van der Waals surface area contributed by atoms with E-state index in [0.29, 0.717) is 21.5 Å². The number of benzene rings is 1. The molecule has 11 heteroatoms. The average Bonchev–Trinajstić information content (AvgIpc) is 3.35. The van der Waals surface area contributed by atoms with Gasteiger partial charge in [0.1, 0.15) is 23.6 Å². The van der Waals surface area contributed by atoms with Crippen molar-refractivity contribution < 1.29 is 19.1 Å². The van der Waals surface area contributed by atoms with Crippen molar-refractivity contribution in [3.8, 4) is 11.4 Å². The number of tetrazole rings is 1. The lowest BCUT2D eigenvalue weighted by Gasteiger charge is -2.06. The summed E-state index contributed by atoms with van der Waals surface area (Å²) >= 11 is 1.04. The smallest absolute Gasteiger partial charge is 0.350 e. The summed E-state index contributed by atoms with van der Waals surface area (Å²) in [6.07, 6.45) is 2.95. The molecule has 0 spiro atoms. The van der Waals surface area contributed by atoms with E-state index < -0.39 is 11.9 Å². The minimum Gasteiger partial charge on any atom is -0.484 e. The van der Waals surface area contributed by atoms with Gasteiger partial charge in [-0.2, -0.15) is 0 Å². The van der Waals surface area contributed by atoms with Crippen molar-refractivity contribution in [2.24, 2.45) is 0 Å². The summed E-state index contributed by atoms with van der Waals surface area (Å²) in [7, 11) is 0. The van der Waals surface area contributed by atoms with Crippen molar-refractivity contribution in [2.45, 2.75) is 6.92 Å². The number of ether oxygens (including phenoxy) is 2. The lowest BCUT2D eigenvalue weighted by atomic mass is 10.3. The fourth-order valence-corrected chi connectivity index (χ4v) is 2.99. The third kappa shape index (κ3) is 4.76. The van der Waals surface area contributed by atoms with Crippen LogP contribution in [0, 0.1) is 6.92 Å². The first-order valence-electron chi connectivity index (χ1n) is 8.08. The topological polar surface area (TPSA) is 121 Å². The van der Waals surface area contributed by atoms with E-state index in [1.54, 1.807) is 31.2 Å². The number of anilines is 1. The number of nitrogens with one attached hydrogen (secondary N) is 1. The number of amides is 1. The van der Waals surface area contributed by atoms with Crippen LogP contribution in [0.4, 0.5) is 5.13 Å². The van der Waals surface area contributed by atoms with Gasteiger partial charge >= 0.3 is 5.97 Å². The van der Waals surface area contributed by atoms with Crippen molar-refractivity contribution in [2.75, 3.05) is 18.5 Å². The average molecular weight is 400 g/mol. The Morgan fingerprint density at radius 1 is 1.32 bits per heavy atom. The van der Waals surface area contributed by atoms with Crippen LogP contribution in [0.1, 0.15) is 15.4 Å². The summed E-state index contributed by atoms with van der Waals surface area (Å²) in [4.78, 5) is 28.5. The molecule has 0 saturated carbocycles. The van der Waals surface area contributed by atoms with Crippen LogP contribution < -0.4 is 10.1 Å². The van der Waals surface area contributed by atoms with Gasteiger partial charge in [-0.05, 0) is 41.6 Å². The molecular weight excluding hydrogens is 384 g/mol. The molecule has 0 atom stereocenters. The molecule has 1 N–H and O–H groups in total. The number of hydrogen-bond acceptors (Lipinski definition) is 9. The van der Waals surface area contributed by atoms with Crippen molar-refractivity contribution in [1.29, 1.82) is 0 Å². The molecule has 2 heterocycles. The summed E-state index contributed by atoms with van der Waals surface area (Å²) in [6.45, 7) is 5.05. The third-order valence-electron chi connectivity index (χ3n) is 3.38. The Labute approximate surface area is 163 Å². The maximum atomic E-state index is 12.1. The summed E-state index contributed by atoms with van der Waals surface area (Å²) in [5.41, 5.74) is 1.24. The van der Waals surface area contributed by atoms with Crippen LogP contribution in [0.25, 0.3) is 5.69 Å². The molecule has 0 aliphatic carbocycles. The lowest BCUT2D eigenvalue weighted by molar-refractivity contribution is -0.118. The van der Waals surface area contributed by atoms with E-state index in [2.05, 4.69) is 32.4 Å². The van der Waals surface area contributed by atoms with Crippen LogP contribution in [0.5, 0.6) is 5.75 Å². The molecule has 0 fully saturated rings. The molecule has 0 saturated heterocycles. The van der Waals surface area contributed by atoms with Gasteiger partial charge in [0, 0.05) is 0 Å². The number of rotatable bonds is 8. The SMILES string of the molecule is C=CCOC(=O)c1sc(NC(=O)COc2ccc(-n3cnnn3)cc2)nc1C. The van der Waals surface area contributed by atoms with Crippen LogP contribution in [0.3, 0.4) is 0 Å². The van der Waals surface area contributed by atoms with Gasteiger partial charge < -0.3 is 9.47 Å². The number of thiazole rings is 1. The maximum absolute atomic E-state index is 12.1. The number of aromatic nitrogens is 5. The highest BCUT2D eigenvalue weighted by Gasteiger charge is 2.17. The van der Waals surface area contributed by atoms with Crippen LogP contribution in [-0.4, -0.2) is 50.3 Å². The van der Waals surface area contributed by atoms with E-state index in [0.717, 1.165) is 17.0 Å². The minimum absolute atomic E-state index is 0.109. The van der Waals surface area contributed by atoms with E-state index in [1.807, 2.05) is 0 Å². The van der Waals surface area contributed by atoms with E-state index in [1.165, 1.54) is 17.1 Å². The molecule has 0 aliphatic heterocycles. The Morgan fingerprint density at radius 3 is 2.79 bits per heavy atom. The van der Waals surface area contributed by atoms with Crippen molar-refractivity contribution in [3.63, 3.8) is 0 Å².